The molecule has 26 heavy (non-hydrogen) atoms. The molecular weight excluding hydrogens is 356 g/mol. The fraction of sp³-hybridized carbons (Fsp3) is 0. The van der Waals surface area contributed by atoms with Crippen molar-refractivity contribution in [2.45, 2.75) is 0 Å². The Morgan fingerprint density at radius 2 is 1.81 bits per heavy atom. The lowest BCUT2D eigenvalue weighted by molar-refractivity contribution is 0.0697. The molecule has 8 heteroatoms. The first kappa shape index (κ1) is 16.0. The molecule has 0 aliphatic rings. The predicted octanol–water partition coefficient (Wildman–Crippen LogP) is 3.94. The Hall–Kier alpha value is -3.45. The average Bonchev–Trinajstić information content (AvgIpc) is 3.03. The van der Waals surface area contributed by atoms with Crippen LogP contribution < -0.4 is 4.74 Å². The minimum Gasteiger partial charge on any atom is -0.478 e. The highest BCUT2D eigenvalue weighted by Crippen LogP contribution is 2.27. The third-order valence-corrected chi connectivity index (χ3v) is 3.96. The number of rotatable bonds is 4. The van der Waals surface area contributed by atoms with Crippen molar-refractivity contribution >= 4 is 23.2 Å². The van der Waals surface area contributed by atoms with Crippen LogP contribution in [0.15, 0.2) is 60.7 Å². The second-order valence-corrected chi connectivity index (χ2v) is 5.76. The maximum absolute atomic E-state index is 11.0. The third kappa shape index (κ3) is 3.07. The van der Waals surface area contributed by atoms with Crippen molar-refractivity contribution in [1.29, 1.82) is 0 Å². The summed E-state index contributed by atoms with van der Waals surface area (Å²) in [7, 11) is 0. The largest absolute Gasteiger partial charge is 0.478 e. The zero-order valence-corrected chi connectivity index (χ0v) is 14.0. The van der Waals surface area contributed by atoms with Crippen molar-refractivity contribution in [2.24, 2.45) is 0 Å². The predicted molar refractivity (Wildman–Crippen MR) is 94.7 cm³/mol. The minimum atomic E-state index is -0.956. The molecular formula is C18H11ClN4O3. The summed E-state index contributed by atoms with van der Waals surface area (Å²) in [5.74, 6) is -0.0267. The molecule has 2 aromatic carbocycles. The average molecular weight is 367 g/mol. The van der Waals surface area contributed by atoms with Gasteiger partial charge >= 0.3 is 5.97 Å². The Balaban J connectivity index is 1.62. The molecule has 2 aromatic heterocycles. The monoisotopic (exact) mass is 366 g/mol. The highest BCUT2D eigenvalue weighted by Gasteiger charge is 2.08. The van der Waals surface area contributed by atoms with Crippen LogP contribution in [0.4, 0.5) is 0 Å². The molecule has 0 amide bonds. The number of carboxylic acids is 1. The van der Waals surface area contributed by atoms with E-state index in [2.05, 4.69) is 15.3 Å². The van der Waals surface area contributed by atoms with Crippen LogP contribution in [0.25, 0.3) is 16.8 Å². The quantitative estimate of drug-likeness (QED) is 0.588. The van der Waals surface area contributed by atoms with E-state index in [-0.39, 0.29) is 10.8 Å². The van der Waals surface area contributed by atoms with E-state index in [9.17, 15) is 4.79 Å². The second-order valence-electron chi connectivity index (χ2n) is 5.42. The van der Waals surface area contributed by atoms with Crippen LogP contribution in [0.1, 0.15) is 10.4 Å². The molecule has 0 aliphatic carbocycles. The van der Waals surface area contributed by atoms with E-state index in [0.717, 1.165) is 11.1 Å². The fourth-order valence-corrected chi connectivity index (χ4v) is 2.63. The number of hydrogen-bond donors (Lipinski definition) is 1. The molecule has 0 saturated heterocycles. The summed E-state index contributed by atoms with van der Waals surface area (Å²) in [6, 6.07) is 17.4. The first-order chi connectivity index (χ1) is 12.6. The van der Waals surface area contributed by atoms with Gasteiger partial charge in [-0.2, -0.15) is 4.52 Å². The lowest BCUT2D eigenvalue weighted by Gasteiger charge is -2.08. The van der Waals surface area contributed by atoms with Crippen molar-refractivity contribution in [3.8, 4) is 22.8 Å². The number of halogens is 1. The molecule has 0 spiro atoms. The molecule has 0 saturated carbocycles. The van der Waals surface area contributed by atoms with Crippen molar-refractivity contribution in [1.82, 2.24) is 19.8 Å². The topological polar surface area (TPSA) is 89.6 Å². The molecule has 7 nitrogen and oxygen atoms in total. The number of aromatic nitrogens is 4. The number of fused-ring (bicyclic) bond motifs is 1. The number of carboxylic acid groups (broad SMARTS) is 1. The maximum atomic E-state index is 11.0. The number of hydrogen-bond acceptors (Lipinski definition) is 5. The normalized spacial score (nSPS) is 10.8. The van der Waals surface area contributed by atoms with Crippen molar-refractivity contribution in [2.75, 3.05) is 0 Å². The van der Waals surface area contributed by atoms with Gasteiger partial charge in [-0.3, -0.25) is 0 Å². The van der Waals surface area contributed by atoms with Gasteiger partial charge in [-0.25, -0.2) is 4.79 Å². The van der Waals surface area contributed by atoms with Crippen LogP contribution in [0, 0.1) is 0 Å². The zero-order valence-electron chi connectivity index (χ0n) is 13.2. The number of carbonyl (C=O) groups is 1. The number of aromatic carboxylic acids is 1. The van der Waals surface area contributed by atoms with E-state index < -0.39 is 5.97 Å². The van der Waals surface area contributed by atoms with Crippen LogP contribution in [0.2, 0.25) is 5.28 Å². The lowest BCUT2D eigenvalue weighted by Crippen LogP contribution is -1.96. The summed E-state index contributed by atoms with van der Waals surface area (Å²) in [4.78, 5) is 11.0. The molecule has 0 atom stereocenters. The molecule has 0 aliphatic heterocycles. The van der Waals surface area contributed by atoms with Crippen LogP contribution in [0.5, 0.6) is 11.6 Å². The number of benzene rings is 2. The lowest BCUT2D eigenvalue weighted by atomic mass is 10.0. The van der Waals surface area contributed by atoms with Gasteiger partial charge in [0.2, 0.25) is 11.2 Å². The van der Waals surface area contributed by atoms with Crippen LogP contribution in [-0.2, 0) is 0 Å². The molecule has 0 unspecified atom stereocenters. The van der Waals surface area contributed by atoms with Crippen molar-refractivity contribution in [3.63, 3.8) is 0 Å². The van der Waals surface area contributed by atoms with Gasteiger partial charge in [0, 0.05) is 6.07 Å². The molecule has 128 valence electrons. The Morgan fingerprint density at radius 1 is 1.00 bits per heavy atom. The molecule has 1 N–H and O–H groups in total. The van der Waals surface area contributed by atoms with E-state index in [4.69, 9.17) is 21.4 Å². The summed E-state index contributed by atoms with van der Waals surface area (Å²) in [5, 5.41) is 21.0. The minimum absolute atomic E-state index is 0.151. The van der Waals surface area contributed by atoms with Gasteiger partial charge in [0.1, 0.15) is 5.75 Å². The second kappa shape index (κ2) is 6.45. The van der Waals surface area contributed by atoms with Crippen LogP contribution in [-0.4, -0.2) is 30.9 Å². The number of nitrogens with zero attached hydrogens (tertiary/aromatic N) is 4. The van der Waals surface area contributed by atoms with E-state index in [1.807, 2.05) is 18.2 Å². The molecule has 4 rings (SSSR count). The smallest absolute Gasteiger partial charge is 0.335 e. The van der Waals surface area contributed by atoms with Gasteiger partial charge < -0.3 is 9.84 Å². The molecule has 0 fully saturated rings. The van der Waals surface area contributed by atoms with Gasteiger partial charge in [0.05, 0.1) is 5.56 Å². The zero-order chi connectivity index (χ0) is 18.1. The molecule has 0 bridgehead atoms. The Kier molecular flexibility index (Phi) is 3.98. The van der Waals surface area contributed by atoms with Crippen molar-refractivity contribution < 1.29 is 14.6 Å². The first-order valence-corrected chi connectivity index (χ1v) is 7.97. The van der Waals surface area contributed by atoms with Gasteiger partial charge in [0.25, 0.3) is 0 Å². The number of ether oxygens (including phenoxy) is 1. The van der Waals surface area contributed by atoms with Crippen LogP contribution >= 0.6 is 11.6 Å². The fourth-order valence-electron chi connectivity index (χ4n) is 2.47. The standard InChI is InChI=1S/C18H11ClN4O3/c19-18-21-20-15-8-9-16(22-23(15)18)26-14-3-1-2-13(10-14)11-4-6-12(7-5-11)17(24)25/h1-10H,(H,24,25). The summed E-state index contributed by atoms with van der Waals surface area (Å²) in [6.45, 7) is 0. The Labute approximate surface area is 152 Å². The molecule has 2 heterocycles. The Bertz CT molecular complexity index is 1110. The molecule has 4 aromatic rings. The summed E-state index contributed by atoms with van der Waals surface area (Å²) >= 11 is 5.92. The molecule has 0 radical (unpaired) electrons. The summed E-state index contributed by atoms with van der Waals surface area (Å²) in [5.41, 5.74) is 2.53. The Morgan fingerprint density at radius 3 is 2.58 bits per heavy atom. The maximum Gasteiger partial charge on any atom is 0.335 e. The highest BCUT2D eigenvalue weighted by molar-refractivity contribution is 6.28. The van der Waals surface area contributed by atoms with E-state index in [0.29, 0.717) is 17.3 Å². The van der Waals surface area contributed by atoms with Crippen LogP contribution in [0.3, 0.4) is 0 Å². The van der Waals surface area contributed by atoms with Crippen molar-refractivity contribution in [3.05, 3.63) is 71.5 Å². The first-order valence-electron chi connectivity index (χ1n) is 7.60. The van der Waals surface area contributed by atoms with E-state index in [1.165, 1.54) is 4.52 Å². The van der Waals surface area contributed by atoms with Gasteiger partial charge in [-0.05, 0) is 53.1 Å². The highest BCUT2D eigenvalue weighted by atomic mass is 35.5. The van der Waals surface area contributed by atoms with Gasteiger partial charge in [-0.1, -0.05) is 24.3 Å². The third-order valence-electron chi connectivity index (χ3n) is 3.72. The van der Waals surface area contributed by atoms with Gasteiger partial charge in [0.15, 0.2) is 5.65 Å². The van der Waals surface area contributed by atoms with Gasteiger partial charge in [-0.15, -0.1) is 15.3 Å². The summed E-state index contributed by atoms with van der Waals surface area (Å²) in [6.07, 6.45) is 0. The SMILES string of the molecule is O=C(O)c1ccc(-c2cccc(Oc3ccc4nnc(Cl)n4n3)c2)cc1. The summed E-state index contributed by atoms with van der Waals surface area (Å²) < 4.78 is 7.18. The van der Waals surface area contributed by atoms with E-state index >= 15 is 0 Å². The van der Waals surface area contributed by atoms with E-state index in [1.54, 1.807) is 42.5 Å².